The number of amides is 2. The van der Waals surface area contributed by atoms with E-state index in [9.17, 15) is 24.3 Å². The van der Waals surface area contributed by atoms with Crippen molar-refractivity contribution in [2.75, 3.05) is 19.1 Å². The van der Waals surface area contributed by atoms with Crippen LogP contribution in [0.1, 0.15) is 42.4 Å². The number of Topliss-reactive ketones (excluding diaryl/α,β-unsaturated/α-hetero) is 1. The monoisotopic (exact) mass is 705 g/mol. The summed E-state index contributed by atoms with van der Waals surface area (Å²) in [5.41, 5.74) is 4.46. The number of benzene rings is 3. The molecule has 0 spiro atoms. The summed E-state index contributed by atoms with van der Waals surface area (Å²) < 4.78 is 11.5. The fourth-order valence-corrected chi connectivity index (χ4v) is 8.00. The molecule has 0 saturated carbocycles. The van der Waals surface area contributed by atoms with Crippen molar-refractivity contribution in [3.63, 3.8) is 0 Å². The number of phenolic OH excluding ortho intramolecular Hbond substituents is 1. The molecule has 0 bridgehead atoms. The maximum absolute atomic E-state index is 14.3. The number of hydrogen-bond donors (Lipinski definition) is 1. The minimum Gasteiger partial charge on any atom is -0.508 e. The maximum atomic E-state index is 14.3. The normalized spacial score (nSPS) is 23.5. The van der Waals surface area contributed by atoms with Gasteiger partial charge in [-0.2, -0.15) is 0 Å². The Kier molecular flexibility index (Phi) is 8.03. The van der Waals surface area contributed by atoms with Crippen molar-refractivity contribution < 1.29 is 33.8 Å². The zero-order valence-corrected chi connectivity index (χ0v) is 28.1. The number of rotatable bonds is 6. The Morgan fingerprint density at radius 3 is 2.40 bits per heavy atom. The van der Waals surface area contributed by atoms with Gasteiger partial charge in [0.1, 0.15) is 17.2 Å². The van der Waals surface area contributed by atoms with E-state index in [1.807, 2.05) is 48.6 Å². The number of allylic oxidation sites excluding steroid dienone is 6. The molecule has 3 aromatic carbocycles. The molecular weight excluding hydrogens is 674 g/mol. The first-order valence-electron chi connectivity index (χ1n) is 15.7. The van der Waals surface area contributed by atoms with Crippen molar-refractivity contribution in [2.24, 2.45) is 17.8 Å². The number of anilines is 1. The zero-order chi connectivity index (χ0) is 33.9. The van der Waals surface area contributed by atoms with Gasteiger partial charge in [0.25, 0.3) is 0 Å². The van der Waals surface area contributed by atoms with Gasteiger partial charge >= 0.3 is 0 Å². The molecule has 8 nitrogen and oxygen atoms in total. The van der Waals surface area contributed by atoms with E-state index in [2.05, 4.69) is 15.9 Å². The summed E-state index contributed by atoms with van der Waals surface area (Å²) in [4.78, 5) is 56.4. The molecule has 1 saturated heterocycles. The summed E-state index contributed by atoms with van der Waals surface area (Å²) in [5.74, 6) is -2.26. The molecule has 4 atom stereocenters. The van der Waals surface area contributed by atoms with Crippen LogP contribution in [0.25, 0.3) is 12.2 Å². The van der Waals surface area contributed by atoms with Crippen LogP contribution in [0.3, 0.4) is 0 Å². The van der Waals surface area contributed by atoms with E-state index in [-0.39, 0.29) is 35.6 Å². The van der Waals surface area contributed by atoms with Gasteiger partial charge in [-0.25, -0.2) is 0 Å². The number of carbonyl (C=O) groups is 4. The predicted octanol–water partition coefficient (Wildman–Crippen LogP) is 6.98. The Bertz CT molecular complexity index is 2040. The standard InChI is InChI=1S/C39H32BrNO7/c1-20-16-32(43)30-19-28-26(34(36(30)37(20)44)29-18-23(40)8-14-31(29)42)12-13-27-35(28)39(46)41(38(27)45)24-9-5-21(6-10-24)4-7-22-17-25(47-2)11-15-33(22)48-3/h4-12,14-18,27-28,34-35,42H,13,19H2,1-3H3. The highest BCUT2D eigenvalue weighted by Crippen LogP contribution is 2.56. The van der Waals surface area contributed by atoms with Crippen LogP contribution in [0.5, 0.6) is 17.2 Å². The van der Waals surface area contributed by atoms with E-state index in [1.54, 1.807) is 51.5 Å². The lowest BCUT2D eigenvalue weighted by atomic mass is 9.59. The van der Waals surface area contributed by atoms with E-state index in [0.29, 0.717) is 50.4 Å². The zero-order valence-electron chi connectivity index (χ0n) is 26.5. The number of ether oxygens (including phenoxy) is 2. The van der Waals surface area contributed by atoms with Crippen LogP contribution in [-0.4, -0.2) is 42.7 Å². The van der Waals surface area contributed by atoms with Gasteiger partial charge in [-0.15, -0.1) is 0 Å². The Labute approximate surface area is 286 Å². The Morgan fingerprint density at radius 2 is 1.67 bits per heavy atom. The second kappa shape index (κ2) is 12.2. The van der Waals surface area contributed by atoms with E-state index >= 15 is 0 Å². The van der Waals surface area contributed by atoms with Crippen LogP contribution in [0, 0.1) is 17.8 Å². The maximum Gasteiger partial charge on any atom is 0.238 e. The number of methoxy groups -OCH3 is 2. The summed E-state index contributed by atoms with van der Waals surface area (Å²) in [6.45, 7) is 1.62. The first kappa shape index (κ1) is 31.6. The second-order valence-corrected chi connectivity index (χ2v) is 13.4. The SMILES string of the molecule is COc1ccc(OC)c(C=Cc2ccc(N3C(=O)C4CC=C5C(c6cc(Br)ccc6O)C6=C(CC5C4C3=O)C(=O)C=C(C)C6=O)cc2)c1. The molecule has 4 aliphatic rings. The van der Waals surface area contributed by atoms with Crippen LogP contribution in [-0.2, 0) is 19.2 Å². The number of ketones is 2. The van der Waals surface area contributed by atoms with Crippen LogP contribution in [0.2, 0.25) is 0 Å². The molecule has 1 heterocycles. The number of carbonyl (C=O) groups excluding carboxylic acids is 4. The molecule has 1 fully saturated rings. The molecule has 9 heteroatoms. The molecule has 1 aliphatic heterocycles. The molecule has 1 N–H and O–H groups in total. The smallest absolute Gasteiger partial charge is 0.238 e. The highest BCUT2D eigenvalue weighted by molar-refractivity contribution is 9.10. The summed E-state index contributed by atoms with van der Waals surface area (Å²) in [7, 11) is 3.21. The molecule has 7 rings (SSSR count). The fraction of sp³-hybridized carbons (Fsp3) is 0.231. The largest absolute Gasteiger partial charge is 0.508 e. The number of phenols is 1. The lowest BCUT2D eigenvalue weighted by molar-refractivity contribution is -0.123. The van der Waals surface area contributed by atoms with Crippen molar-refractivity contribution in [1.82, 2.24) is 0 Å². The lowest BCUT2D eigenvalue weighted by Crippen LogP contribution is -2.39. The van der Waals surface area contributed by atoms with Crippen molar-refractivity contribution in [3.05, 3.63) is 116 Å². The summed E-state index contributed by atoms with van der Waals surface area (Å²) in [6.07, 6.45) is 7.60. The van der Waals surface area contributed by atoms with Crippen molar-refractivity contribution in [1.29, 1.82) is 0 Å². The number of halogens is 1. The van der Waals surface area contributed by atoms with Gasteiger partial charge < -0.3 is 14.6 Å². The minimum atomic E-state index is -0.719. The van der Waals surface area contributed by atoms with Crippen LogP contribution in [0.4, 0.5) is 5.69 Å². The van der Waals surface area contributed by atoms with Crippen molar-refractivity contribution in [3.8, 4) is 17.2 Å². The molecule has 0 aromatic heterocycles. The first-order chi connectivity index (χ1) is 23.1. The third kappa shape index (κ3) is 5.13. The van der Waals surface area contributed by atoms with Gasteiger partial charge in [0.15, 0.2) is 11.6 Å². The van der Waals surface area contributed by atoms with Gasteiger partial charge in [-0.05, 0) is 85.9 Å². The number of aromatic hydroxyl groups is 1. The number of imide groups is 1. The van der Waals surface area contributed by atoms with Crippen LogP contribution < -0.4 is 14.4 Å². The number of hydrogen-bond acceptors (Lipinski definition) is 7. The second-order valence-electron chi connectivity index (χ2n) is 12.5. The van der Waals surface area contributed by atoms with E-state index in [1.165, 1.54) is 11.0 Å². The highest BCUT2D eigenvalue weighted by atomic mass is 79.9. The van der Waals surface area contributed by atoms with E-state index < -0.39 is 23.7 Å². The van der Waals surface area contributed by atoms with Crippen molar-refractivity contribution >= 4 is 57.2 Å². The summed E-state index contributed by atoms with van der Waals surface area (Å²) in [6, 6.07) is 17.7. The number of nitrogens with zero attached hydrogens (tertiary/aromatic N) is 1. The molecule has 242 valence electrons. The minimum absolute atomic E-state index is 0.0133. The van der Waals surface area contributed by atoms with Gasteiger partial charge in [-0.3, -0.25) is 24.1 Å². The van der Waals surface area contributed by atoms with Gasteiger partial charge in [0.2, 0.25) is 11.8 Å². The molecular formula is C39H32BrNO7. The van der Waals surface area contributed by atoms with Gasteiger partial charge in [0.05, 0.1) is 31.7 Å². The van der Waals surface area contributed by atoms with Crippen LogP contribution in [0.15, 0.2) is 99.6 Å². The average Bonchev–Trinajstić information content (AvgIpc) is 3.35. The number of fused-ring (bicyclic) bond motifs is 3. The Morgan fingerprint density at radius 1 is 0.896 bits per heavy atom. The third-order valence-corrected chi connectivity index (χ3v) is 10.4. The lowest BCUT2D eigenvalue weighted by Gasteiger charge is -2.42. The van der Waals surface area contributed by atoms with Crippen molar-refractivity contribution in [2.45, 2.75) is 25.7 Å². The fourth-order valence-electron chi connectivity index (χ4n) is 7.62. The third-order valence-electron chi connectivity index (χ3n) is 9.91. The van der Waals surface area contributed by atoms with E-state index in [0.717, 1.165) is 16.7 Å². The van der Waals surface area contributed by atoms with Gasteiger partial charge in [-0.1, -0.05) is 51.9 Å². The quantitative estimate of drug-likeness (QED) is 0.128. The molecule has 3 aromatic rings. The molecule has 3 aliphatic carbocycles. The Balaban J connectivity index is 1.21. The van der Waals surface area contributed by atoms with Crippen LogP contribution >= 0.6 is 15.9 Å². The summed E-state index contributed by atoms with van der Waals surface area (Å²) >= 11 is 3.48. The molecule has 0 radical (unpaired) electrons. The predicted molar refractivity (Wildman–Crippen MR) is 185 cm³/mol. The average molecular weight is 707 g/mol. The molecule has 48 heavy (non-hydrogen) atoms. The molecule has 2 amide bonds. The Hall–Kier alpha value is -5.02. The van der Waals surface area contributed by atoms with Gasteiger partial charge in [0, 0.05) is 38.2 Å². The molecule has 4 unspecified atom stereocenters. The highest BCUT2D eigenvalue weighted by Gasteiger charge is 2.56. The first-order valence-corrected chi connectivity index (χ1v) is 16.5. The van der Waals surface area contributed by atoms with E-state index in [4.69, 9.17) is 9.47 Å². The summed E-state index contributed by atoms with van der Waals surface area (Å²) in [5, 5.41) is 11.0. The topological polar surface area (TPSA) is 110 Å².